The average Bonchev–Trinajstić information content (AvgIpc) is 2.52. The van der Waals surface area contributed by atoms with Gasteiger partial charge < -0.3 is 19.6 Å². The molecule has 7 heteroatoms. The summed E-state index contributed by atoms with van der Waals surface area (Å²) in [6, 6.07) is 8.34. The highest BCUT2D eigenvalue weighted by Crippen LogP contribution is 2.41. The molecule has 124 valence electrons. The number of hydrogen-bond donors (Lipinski definition) is 1. The van der Waals surface area contributed by atoms with Gasteiger partial charge in [0.2, 0.25) is 5.88 Å². The number of nitrogens with two attached hydrogens (primary N) is 1. The predicted molar refractivity (Wildman–Crippen MR) is 86.9 cm³/mol. The zero-order valence-electron chi connectivity index (χ0n) is 13.0. The first-order chi connectivity index (χ1) is 11.4. The number of benzene rings is 1. The van der Waals surface area contributed by atoms with Gasteiger partial charge in [0, 0.05) is 11.1 Å². The molecule has 0 spiro atoms. The first-order valence-electron chi connectivity index (χ1n) is 7.08. The fourth-order valence-corrected chi connectivity index (χ4v) is 2.94. The third kappa shape index (κ3) is 2.65. The van der Waals surface area contributed by atoms with E-state index >= 15 is 0 Å². The Bertz CT molecular complexity index is 915. The van der Waals surface area contributed by atoms with E-state index < -0.39 is 17.5 Å². The van der Waals surface area contributed by atoms with Crippen molar-refractivity contribution >= 4 is 17.6 Å². The number of fused-ring (bicyclic) bond motifs is 1. The monoisotopic (exact) mass is 347 g/mol. The summed E-state index contributed by atoms with van der Waals surface area (Å²) in [5.41, 5.74) is 6.13. The lowest BCUT2D eigenvalue weighted by atomic mass is 9.84. The second-order valence-corrected chi connectivity index (χ2v) is 5.72. The van der Waals surface area contributed by atoms with Crippen LogP contribution < -0.4 is 16.1 Å². The Labute approximate surface area is 142 Å². The zero-order chi connectivity index (χ0) is 17.4. The van der Waals surface area contributed by atoms with E-state index in [4.69, 9.17) is 31.2 Å². The summed E-state index contributed by atoms with van der Waals surface area (Å²) >= 11 is 6.06. The number of methoxy groups -OCH3 is 1. The number of aryl methyl sites for hydroxylation is 1. The van der Waals surface area contributed by atoms with E-state index in [-0.39, 0.29) is 22.8 Å². The maximum Gasteiger partial charge on any atom is 0.343 e. The quantitative estimate of drug-likeness (QED) is 0.839. The maximum atomic E-state index is 12.4. The molecule has 2 heterocycles. The summed E-state index contributed by atoms with van der Waals surface area (Å²) in [4.78, 5) is 24.6. The molecule has 2 aromatic rings. The Morgan fingerprint density at radius 2 is 2.08 bits per heavy atom. The zero-order valence-corrected chi connectivity index (χ0v) is 13.7. The Balaban J connectivity index is 2.32. The van der Waals surface area contributed by atoms with E-state index in [0.29, 0.717) is 16.3 Å². The number of carbonyl (C=O) groups excluding carboxylic acids is 1. The lowest BCUT2D eigenvalue weighted by Crippen LogP contribution is -2.30. The smallest absolute Gasteiger partial charge is 0.343 e. The maximum absolute atomic E-state index is 12.4. The molecule has 2 N–H and O–H groups in total. The summed E-state index contributed by atoms with van der Waals surface area (Å²) in [5.74, 6) is -0.985. The number of carbonyl (C=O) groups is 1. The lowest BCUT2D eigenvalue weighted by Gasteiger charge is -2.27. The number of hydrogen-bond acceptors (Lipinski definition) is 6. The van der Waals surface area contributed by atoms with Crippen LogP contribution in [0.25, 0.3) is 0 Å². The van der Waals surface area contributed by atoms with E-state index in [1.54, 1.807) is 37.3 Å². The van der Waals surface area contributed by atoms with Gasteiger partial charge in [0.25, 0.3) is 0 Å². The number of rotatable bonds is 2. The molecule has 1 aromatic carbocycles. The van der Waals surface area contributed by atoms with Gasteiger partial charge in [-0.3, -0.25) is 0 Å². The first-order valence-corrected chi connectivity index (χ1v) is 7.46. The third-order valence-corrected chi connectivity index (χ3v) is 3.96. The van der Waals surface area contributed by atoms with Crippen LogP contribution in [0.2, 0.25) is 5.02 Å². The number of ether oxygens (including phenoxy) is 2. The Morgan fingerprint density at radius 1 is 1.33 bits per heavy atom. The molecule has 1 aliphatic rings. The van der Waals surface area contributed by atoms with Gasteiger partial charge >= 0.3 is 11.6 Å². The first kappa shape index (κ1) is 16.1. The molecule has 0 bridgehead atoms. The molecule has 1 aliphatic heterocycles. The van der Waals surface area contributed by atoms with Gasteiger partial charge in [0.15, 0.2) is 0 Å². The van der Waals surface area contributed by atoms with Crippen LogP contribution in [0.1, 0.15) is 22.8 Å². The molecule has 0 saturated heterocycles. The number of halogens is 1. The van der Waals surface area contributed by atoms with Crippen molar-refractivity contribution in [3.05, 3.63) is 74.1 Å². The van der Waals surface area contributed by atoms with Crippen molar-refractivity contribution in [2.45, 2.75) is 12.8 Å². The molecule has 0 saturated carbocycles. The molecule has 1 aromatic heterocycles. The van der Waals surface area contributed by atoms with Crippen LogP contribution in [0.5, 0.6) is 5.75 Å². The van der Waals surface area contributed by atoms with E-state index in [2.05, 4.69) is 0 Å². The Morgan fingerprint density at radius 3 is 2.75 bits per heavy atom. The fourth-order valence-electron chi connectivity index (χ4n) is 2.75. The van der Waals surface area contributed by atoms with Gasteiger partial charge in [0.1, 0.15) is 17.1 Å². The summed E-state index contributed by atoms with van der Waals surface area (Å²) in [5, 5.41) is 0.458. The summed E-state index contributed by atoms with van der Waals surface area (Å²) in [6.45, 7) is 1.62. The molecular weight excluding hydrogens is 334 g/mol. The van der Waals surface area contributed by atoms with E-state index in [9.17, 15) is 9.59 Å². The SMILES string of the molecule is COC(=O)C1=C(N)Oc2cc(C)oc(=O)c2[C@H]1c1cccc(Cl)c1. The van der Waals surface area contributed by atoms with Crippen molar-refractivity contribution in [2.24, 2.45) is 5.73 Å². The number of esters is 1. The van der Waals surface area contributed by atoms with Gasteiger partial charge in [-0.05, 0) is 24.6 Å². The van der Waals surface area contributed by atoms with Crippen LogP contribution in [0.3, 0.4) is 0 Å². The van der Waals surface area contributed by atoms with Gasteiger partial charge in [-0.15, -0.1) is 0 Å². The largest absolute Gasteiger partial charge is 0.465 e. The highest BCUT2D eigenvalue weighted by molar-refractivity contribution is 6.30. The molecule has 3 rings (SSSR count). The topological polar surface area (TPSA) is 91.8 Å². The van der Waals surface area contributed by atoms with Crippen LogP contribution in [0.4, 0.5) is 0 Å². The van der Waals surface area contributed by atoms with Crippen molar-refractivity contribution in [1.82, 2.24) is 0 Å². The molecule has 0 amide bonds. The Hall–Kier alpha value is -2.73. The second kappa shape index (κ2) is 6.05. The van der Waals surface area contributed by atoms with Crippen molar-refractivity contribution in [1.29, 1.82) is 0 Å². The van der Waals surface area contributed by atoms with Crippen LogP contribution >= 0.6 is 11.6 Å². The second-order valence-electron chi connectivity index (χ2n) is 5.28. The molecule has 0 radical (unpaired) electrons. The standard InChI is InChI=1S/C17H14ClNO5/c1-8-6-11-13(17(21)23-8)12(9-4-3-5-10(18)7-9)14(15(19)24-11)16(20)22-2/h3-7,12H,19H2,1-2H3/t12-/m1/s1. The van der Waals surface area contributed by atoms with Crippen LogP contribution in [-0.4, -0.2) is 13.1 Å². The molecule has 0 aliphatic carbocycles. The van der Waals surface area contributed by atoms with Crippen molar-refractivity contribution < 1.29 is 18.7 Å². The minimum Gasteiger partial charge on any atom is -0.465 e. The molecule has 0 fully saturated rings. The van der Waals surface area contributed by atoms with Crippen molar-refractivity contribution in [3.63, 3.8) is 0 Å². The van der Waals surface area contributed by atoms with E-state index in [1.807, 2.05) is 0 Å². The Kier molecular flexibility index (Phi) is 4.07. The van der Waals surface area contributed by atoms with Crippen LogP contribution in [0.15, 0.2) is 51.0 Å². The molecule has 1 atom stereocenters. The van der Waals surface area contributed by atoms with Crippen LogP contribution in [0, 0.1) is 6.92 Å². The average molecular weight is 348 g/mol. The highest BCUT2D eigenvalue weighted by atomic mass is 35.5. The van der Waals surface area contributed by atoms with Gasteiger partial charge in [-0.2, -0.15) is 0 Å². The van der Waals surface area contributed by atoms with Crippen molar-refractivity contribution in [2.75, 3.05) is 7.11 Å². The molecule has 0 unspecified atom stereocenters. The lowest BCUT2D eigenvalue weighted by molar-refractivity contribution is -0.136. The molecular formula is C17H14ClNO5. The molecule has 24 heavy (non-hydrogen) atoms. The van der Waals surface area contributed by atoms with Gasteiger partial charge in [-0.1, -0.05) is 23.7 Å². The highest BCUT2D eigenvalue weighted by Gasteiger charge is 2.38. The summed E-state index contributed by atoms with van der Waals surface area (Å²) < 4.78 is 15.4. The van der Waals surface area contributed by atoms with Crippen molar-refractivity contribution in [3.8, 4) is 5.75 Å². The van der Waals surface area contributed by atoms with E-state index in [1.165, 1.54) is 7.11 Å². The summed E-state index contributed by atoms with van der Waals surface area (Å²) in [7, 11) is 1.23. The van der Waals surface area contributed by atoms with Crippen LogP contribution in [-0.2, 0) is 9.53 Å². The minimum atomic E-state index is -0.795. The molecule has 6 nitrogen and oxygen atoms in total. The fraction of sp³-hybridized carbons (Fsp3) is 0.176. The minimum absolute atomic E-state index is 0.0309. The van der Waals surface area contributed by atoms with Gasteiger partial charge in [-0.25, -0.2) is 9.59 Å². The van der Waals surface area contributed by atoms with Gasteiger partial charge in [0.05, 0.1) is 18.6 Å². The third-order valence-electron chi connectivity index (χ3n) is 3.72. The summed E-state index contributed by atoms with van der Waals surface area (Å²) in [6.07, 6.45) is 0. The normalized spacial score (nSPS) is 16.4. The van der Waals surface area contributed by atoms with E-state index in [0.717, 1.165) is 0 Å². The predicted octanol–water partition coefficient (Wildman–Crippen LogP) is 2.47.